The first-order valence-corrected chi connectivity index (χ1v) is 12.2. The van der Waals surface area contributed by atoms with Crippen LogP contribution in [0.3, 0.4) is 0 Å². The van der Waals surface area contributed by atoms with E-state index in [1.807, 2.05) is 30.3 Å². The first-order valence-electron chi connectivity index (χ1n) is 10.8. The topological polar surface area (TPSA) is 99.6 Å². The molecule has 0 amide bonds. The zero-order chi connectivity index (χ0) is 24.8. The van der Waals surface area contributed by atoms with Crippen molar-refractivity contribution in [3.63, 3.8) is 0 Å². The van der Waals surface area contributed by atoms with Gasteiger partial charge in [-0.2, -0.15) is 0 Å². The average molecular weight is 492 g/mol. The molecule has 1 N–H and O–H groups in total. The van der Waals surface area contributed by atoms with Gasteiger partial charge in [0.2, 0.25) is 9.84 Å². The third-order valence-electron chi connectivity index (χ3n) is 5.21. The molecule has 180 valence electrons. The van der Waals surface area contributed by atoms with Crippen LogP contribution in [0.5, 0.6) is 17.2 Å². The van der Waals surface area contributed by atoms with Gasteiger partial charge in [-0.05, 0) is 48.9 Å². The van der Waals surface area contributed by atoms with Crippen molar-refractivity contribution in [3.05, 3.63) is 90.4 Å². The molecular formula is C26H25N3O5S. The van der Waals surface area contributed by atoms with E-state index in [4.69, 9.17) is 14.2 Å². The number of anilines is 2. The molecule has 0 spiro atoms. The third kappa shape index (κ3) is 5.52. The molecule has 35 heavy (non-hydrogen) atoms. The number of methoxy groups -OCH3 is 2. The SMILES string of the molecule is COc1ccc(Nc2nc(C)ncc2S(=O)(=O)c2ccc(OCc3ccccc3)cc2)c(OC)c1. The number of nitrogens with zero attached hydrogens (tertiary/aromatic N) is 2. The summed E-state index contributed by atoms with van der Waals surface area (Å²) >= 11 is 0. The van der Waals surface area contributed by atoms with E-state index in [0.29, 0.717) is 35.4 Å². The summed E-state index contributed by atoms with van der Waals surface area (Å²) in [4.78, 5) is 8.51. The van der Waals surface area contributed by atoms with Crippen molar-refractivity contribution in [2.75, 3.05) is 19.5 Å². The van der Waals surface area contributed by atoms with E-state index in [9.17, 15) is 8.42 Å². The van der Waals surface area contributed by atoms with E-state index in [1.165, 1.54) is 25.4 Å². The maximum absolute atomic E-state index is 13.5. The fraction of sp³-hybridized carbons (Fsp3) is 0.154. The van der Waals surface area contributed by atoms with Gasteiger partial charge in [-0.1, -0.05) is 30.3 Å². The Morgan fingerprint density at radius 3 is 2.29 bits per heavy atom. The van der Waals surface area contributed by atoms with Gasteiger partial charge in [-0.15, -0.1) is 0 Å². The van der Waals surface area contributed by atoms with Crippen LogP contribution in [0.4, 0.5) is 11.5 Å². The zero-order valence-corrected chi connectivity index (χ0v) is 20.4. The molecule has 1 aromatic heterocycles. The average Bonchev–Trinajstić information content (AvgIpc) is 2.88. The summed E-state index contributed by atoms with van der Waals surface area (Å²) in [5.74, 6) is 2.21. The molecule has 0 aliphatic rings. The number of benzene rings is 3. The molecule has 0 bridgehead atoms. The minimum Gasteiger partial charge on any atom is -0.497 e. The van der Waals surface area contributed by atoms with Crippen LogP contribution >= 0.6 is 0 Å². The number of rotatable bonds is 9. The summed E-state index contributed by atoms with van der Waals surface area (Å²) in [7, 11) is -0.859. The van der Waals surface area contributed by atoms with Crippen LogP contribution in [0.2, 0.25) is 0 Å². The van der Waals surface area contributed by atoms with Gasteiger partial charge in [0.25, 0.3) is 0 Å². The highest BCUT2D eigenvalue weighted by atomic mass is 32.2. The van der Waals surface area contributed by atoms with Crippen molar-refractivity contribution in [3.8, 4) is 17.2 Å². The molecule has 0 fully saturated rings. The highest BCUT2D eigenvalue weighted by molar-refractivity contribution is 7.91. The first kappa shape index (κ1) is 24.0. The number of ether oxygens (including phenoxy) is 3. The molecule has 3 aromatic carbocycles. The summed E-state index contributed by atoms with van der Waals surface area (Å²) in [5.41, 5.74) is 1.55. The third-order valence-corrected chi connectivity index (χ3v) is 6.98. The van der Waals surface area contributed by atoms with Gasteiger partial charge in [-0.25, -0.2) is 18.4 Å². The van der Waals surface area contributed by atoms with Gasteiger partial charge in [0.1, 0.15) is 34.6 Å². The Kier molecular flexibility index (Phi) is 7.17. The first-order chi connectivity index (χ1) is 16.9. The quantitative estimate of drug-likeness (QED) is 0.351. The molecule has 8 nitrogen and oxygen atoms in total. The molecule has 0 aliphatic heterocycles. The largest absolute Gasteiger partial charge is 0.497 e. The maximum Gasteiger partial charge on any atom is 0.211 e. The molecule has 0 saturated carbocycles. The summed E-state index contributed by atoms with van der Waals surface area (Å²) in [5, 5.41) is 3.07. The summed E-state index contributed by atoms with van der Waals surface area (Å²) in [6.45, 7) is 2.07. The lowest BCUT2D eigenvalue weighted by Crippen LogP contribution is -2.10. The van der Waals surface area contributed by atoms with Crippen LogP contribution < -0.4 is 19.5 Å². The fourth-order valence-corrected chi connectivity index (χ4v) is 4.65. The standard InChI is InChI=1S/C26H25N3O5S/c1-18-27-16-25(26(28-18)29-23-14-11-21(32-2)15-24(23)33-3)35(30,31)22-12-9-20(10-13-22)34-17-19-7-5-4-6-8-19/h4-16H,17H2,1-3H3,(H,27,28,29). The van der Waals surface area contributed by atoms with Crippen molar-refractivity contribution < 1.29 is 22.6 Å². The molecule has 0 aliphatic carbocycles. The molecule has 0 saturated heterocycles. The molecule has 0 radical (unpaired) electrons. The van der Waals surface area contributed by atoms with Crippen molar-refractivity contribution >= 4 is 21.3 Å². The molecule has 0 unspecified atom stereocenters. The van der Waals surface area contributed by atoms with Crippen molar-refractivity contribution in [1.82, 2.24) is 9.97 Å². The van der Waals surface area contributed by atoms with E-state index < -0.39 is 9.84 Å². The van der Waals surface area contributed by atoms with Crippen LogP contribution in [0.1, 0.15) is 11.4 Å². The fourth-order valence-electron chi connectivity index (χ4n) is 3.36. The van der Waals surface area contributed by atoms with E-state index in [0.717, 1.165) is 5.56 Å². The Hall–Kier alpha value is -4.11. The molecule has 4 aromatic rings. The van der Waals surface area contributed by atoms with Crippen LogP contribution in [0.25, 0.3) is 0 Å². The highest BCUT2D eigenvalue weighted by Crippen LogP contribution is 2.34. The number of hydrogen-bond donors (Lipinski definition) is 1. The van der Waals surface area contributed by atoms with E-state index in [2.05, 4.69) is 15.3 Å². The predicted molar refractivity (Wildman–Crippen MR) is 132 cm³/mol. The molecule has 1 heterocycles. The second kappa shape index (κ2) is 10.4. The van der Waals surface area contributed by atoms with Crippen LogP contribution in [-0.4, -0.2) is 32.6 Å². The van der Waals surface area contributed by atoms with Gasteiger partial charge >= 0.3 is 0 Å². The summed E-state index contributed by atoms with van der Waals surface area (Å²) in [6.07, 6.45) is 1.30. The Bertz CT molecular complexity index is 1410. The highest BCUT2D eigenvalue weighted by Gasteiger charge is 2.24. The normalized spacial score (nSPS) is 11.1. The minimum absolute atomic E-state index is 0.0566. The molecule has 9 heteroatoms. The van der Waals surface area contributed by atoms with Crippen molar-refractivity contribution in [2.24, 2.45) is 0 Å². The van der Waals surface area contributed by atoms with E-state index in [-0.39, 0.29) is 15.6 Å². The van der Waals surface area contributed by atoms with E-state index >= 15 is 0 Å². The zero-order valence-electron chi connectivity index (χ0n) is 19.6. The van der Waals surface area contributed by atoms with Gasteiger partial charge in [-0.3, -0.25) is 0 Å². The Morgan fingerprint density at radius 1 is 0.886 bits per heavy atom. The Morgan fingerprint density at radius 2 is 1.60 bits per heavy atom. The van der Waals surface area contributed by atoms with Gasteiger partial charge in [0.15, 0.2) is 5.82 Å². The van der Waals surface area contributed by atoms with Crippen LogP contribution in [-0.2, 0) is 16.4 Å². The summed E-state index contributed by atoms with van der Waals surface area (Å²) in [6, 6.07) is 21.2. The monoisotopic (exact) mass is 491 g/mol. The van der Waals surface area contributed by atoms with Gasteiger partial charge < -0.3 is 19.5 Å². The summed E-state index contributed by atoms with van der Waals surface area (Å²) < 4.78 is 43.4. The van der Waals surface area contributed by atoms with E-state index in [1.54, 1.807) is 44.4 Å². The molecular weight excluding hydrogens is 466 g/mol. The van der Waals surface area contributed by atoms with Crippen molar-refractivity contribution in [1.29, 1.82) is 0 Å². The maximum atomic E-state index is 13.5. The van der Waals surface area contributed by atoms with Gasteiger partial charge in [0, 0.05) is 6.07 Å². The predicted octanol–water partition coefficient (Wildman–Crippen LogP) is 4.96. The molecule has 4 rings (SSSR count). The number of hydrogen-bond acceptors (Lipinski definition) is 8. The number of aromatic nitrogens is 2. The van der Waals surface area contributed by atoms with Crippen LogP contribution in [0.15, 0.2) is 88.8 Å². The Balaban J connectivity index is 1.61. The van der Waals surface area contributed by atoms with Crippen molar-refractivity contribution in [2.45, 2.75) is 23.3 Å². The smallest absolute Gasteiger partial charge is 0.211 e. The number of aryl methyl sites for hydroxylation is 1. The lowest BCUT2D eigenvalue weighted by atomic mass is 10.2. The lowest BCUT2D eigenvalue weighted by molar-refractivity contribution is 0.306. The van der Waals surface area contributed by atoms with Crippen LogP contribution in [0, 0.1) is 6.92 Å². The second-order valence-corrected chi connectivity index (χ2v) is 9.49. The Labute approximate surface area is 204 Å². The minimum atomic E-state index is -3.93. The second-order valence-electron chi connectivity index (χ2n) is 7.57. The number of sulfone groups is 1. The number of nitrogens with one attached hydrogen (secondary N) is 1. The van der Waals surface area contributed by atoms with Gasteiger partial charge in [0.05, 0.1) is 31.0 Å². The molecule has 0 atom stereocenters. The lowest BCUT2D eigenvalue weighted by Gasteiger charge is -2.15.